The number of hydrogen-bond donors (Lipinski definition) is 3. The van der Waals surface area contributed by atoms with Gasteiger partial charge in [0.2, 0.25) is 15.9 Å². The molecule has 0 bridgehead atoms. The zero-order valence-electron chi connectivity index (χ0n) is 16.4. The van der Waals surface area contributed by atoms with Crippen LogP contribution in [0.15, 0.2) is 24.3 Å². The van der Waals surface area contributed by atoms with Crippen LogP contribution >= 0.6 is 0 Å². The second kappa shape index (κ2) is 7.75. The highest BCUT2D eigenvalue weighted by molar-refractivity contribution is 7.92. The largest absolute Gasteiger partial charge is 0.336 e. The minimum absolute atomic E-state index is 0.0172. The maximum atomic E-state index is 12.4. The Morgan fingerprint density at radius 3 is 2.44 bits per heavy atom. The van der Waals surface area contributed by atoms with Gasteiger partial charge in [0, 0.05) is 18.5 Å². The lowest BCUT2D eigenvalue weighted by Gasteiger charge is -2.32. The van der Waals surface area contributed by atoms with Gasteiger partial charge in [0.25, 0.3) is 0 Å². The van der Waals surface area contributed by atoms with E-state index in [2.05, 4.69) is 15.4 Å². The molecule has 1 fully saturated rings. The van der Waals surface area contributed by atoms with E-state index in [9.17, 15) is 18.0 Å². The van der Waals surface area contributed by atoms with Crippen LogP contribution < -0.4 is 15.4 Å². The van der Waals surface area contributed by atoms with E-state index in [4.69, 9.17) is 0 Å². The number of carbonyl (C=O) groups excluding carboxylic acids is 2. The van der Waals surface area contributed by atoms with Crippen molar-refractivity contribution in [2.45, 2.75) is 51.7 Å². The lowest BCUT2D eigenvalue weighted by molar-refractivity contribution is -0.131. The van der Waals surface area contributed by atoms with E-state index < -0.39 is 22.1 Å². The van der Waals surface area contributed by atoms with Gasteiger partial charge in [-0.05, 0) is 39.3 Å². The van der Waals surface area contributed by atoms with Crippen LogP contribution in [-0.2, 0) is 14.8 Å². The van der Waals surface area contributed by atoms with E-state index in [0.717, 1.165) is 6.26 Å². The summed E-state index contributed by atoms with van der Waals surface area (Å²) in [6, 6.07) is 5.80. The number of nitrogens with zero attached hydrogens (tertiary/aromatic N) is 1. The Morgan fingerprint density at radius 1 is 1.26 bits per heavy atom. The average molecular weight is 397 g/mol. The van der Waals surface area contributed by atoms with Gasteiger partial charge in [-0.15, -0.1) is 0 Å². The van der Waals surface area contributed by atoms with Crippen molar-refractivity contribution in [3.05, 3.63) is 29.8 Å². The number of rotatable bonds is 5. The van der Waals surface area contributed by atoms with Crippen molar-refractivity contribution < 1.29 is 18.0 Å². The number of benzene rings is 1. The average Bonchev–Trinajstić information content (AvgIpc) is 2.86. The Hall–Kier alpha value is -2.29. The topological polar surface area (TPSA) is 108 Å². The van der Waals surface area contributed by atoms with Crippen molar-refractivity contribution >= 4 is 27.6 Å². The van der Waals surface area contributed by atoms with E-state index in [1.54, 1.807) is 36.1 Å². The third-order valence-corrected chi connectivity index (χ3v) is 4.93. The van der Waals surface area contributed by atoms with Crippen molar-refractivity contribution in [1.29, 1.82) is 0 Å². The molecule has 3 amide bonds. The maximum Gasteiger partial charge on any atom is 0.315 e. The number of carbonyl (C=O) groups is 2. The molecule has 1 aromatic carbocycles. The number of para-hydroxylation sites is 1. The second-order valence-electron chi connectivity index (χ2n) is 7.88. The lowest BCUT2D eigenvalue weighted by Crippen LogP contribution is -2.47. The number of amides is 3. The summed E-state index contributed by atoms with van der Waals surface area (Å²) in [5.41, 5.74) is 0.785. The first-order chi connectivity index (χ1) is 12.4. The Morgan fingerprint density at radius 2 is 1.89 bits per heavy atom. The van der Waals surface area contributed by atoms with Crippen LogP contribution in [0, 0.1) is 0 Å². The molecule has 2 rings (SSSR count). The first-order valence-electron chi connectivity index (χ1n) is 8.81. The molecule has 8 nitrogen and oxygen atoms in total. The standard InChI is InChI=1S/C18H28N4O4S/c1-12(14-8-6-7-9-15(14)21-27(5,25)26)19-17(24)20-13-10-16(23)22(11-13)18(2,3)4/h6-9,12-13,21H,10-11H2,1-5H3,(H2,19,20,24). The summed E-state index contributed by atoms with van der Waals surface area (Å²) in [6.45, 7) is 8.11. The zero-order chi connectivity index (χ0) is 20.4. The van der Waals surface area contributed by atoms with Crippen LogP contribution in [0.4, 0.5) is 10.5 Å². The highest BCUT2D eigenvalue weighted by Gasteiger charge is 2.36. The smallest absolute Gasteiger partial charge is 0.315 e. The molecule has 1 aromatic rings. The highest BCUT2D eigenvalue weighted by Crippen LogP contribution is 2.24. The van der Waals surface area contributed by atoms with Gasteiger partial charge in [-0.2, -0.15) is 0 Å². The minimum atomic E-state index is -3.43. The first-order valence-corrected chi connectivity index (χ1v) is 10.7. The molecule has 27 heavy (non-hydrogen) atoms. The molecule has 3 N–H and O–H groups in total. The van der Waals surface area contributed by atoms with Crippen molar-refractivity contribution in [3.8, 4) is 0 Å². The van der Waals surface area contributed by atoms with Gasteiger partial charge >= 0.3 is 6.03 Å². The van der Waals surface area contributed by atoms with E-state index in [1.165, 1.54) is 0 Å². The van der Waals surface area contributed by atoms with Gasteiger partial charge in [0.05, 0.1) is 24.0 Å². The summed E-state index contributed by atoms with van der Waals surface area (Å²) < 4.78 is 25.5. The molecule has 1 saturated heterocycles. The van der Waals surface area contributed by atoms with Crippen LogP contribution in [0.3, 0.4) is 0 Å². The molecule has 2 atom stereocenters. The predicted molar refractivity (Wildman–Crippen MR) is 105 cm³/mol. The number of sulfonamides is 1. The number of likely N-dealkylation sites (tertiary alicyclic amines) is 1. The second-order valence-corrected chi connectivity index (χ2v) is 9.63. The van der Waals surface area contributed by atoms with Crippen molar-refractivity contribution in [3.63, 3.8) is 0 Å². The molecule has 150 valence electrons. The summed E-state index contributed by atoms with van der Waals surface area (Å²) >= 11 is 0. The third-order valence-electron chi connectivity index (χ3n) is 4.34. The maximum absolute atomic E-state index is 12.4. The molecule has 1 aliphatic rings. The molecule has 1 aliphatic heterocycles. The molecular weight excluding hydrogens is 368 g/mol. The molecule has 9 heteroatoms. The molecule has 0 saturated carbocycles. The normalized spacial score (nSPS) is 18.9. The summed E-state index contributed by atoms with van der Waals surface area (Å²) in [5, 5.41) is 5.63. The molecule has 0 aromatic heterocycles. The van der Waals surface area contributed by atoms with Crippen LogP contribution in [0.5, 0.6) is 0 Å². The summed E-state index contributed by atoms with van der Waals surface area (Å²) in [5.74, 6) is 0.0172. The lowest BCUT2D eigenvalue weighted by atomic mass is 10.1. The number of hydrogen-bond acceptors (Lipinski definition) is 4. The van der Waals surface area contributed by atoms with Crippen molar-refractivity contribution in [1.82, 2.24) is 15.5 Å². The number of urea groups is 1. The Kier molecular flexibility index (Phi) is 6.04. The predicted octanol–water partition coefficient (Wildman–Crippen LogP) is 1.82. The van der Waals surface area contributed by atoms with E-state index >= 15 is 0 Å². The van der Waals surface area contributed by atoms with Crippen molar-refractivity contribution in [2.24, 2.45) is 0 Å². The monoisotopic (exact) mass is 396 g/mol. The van der Waals surface area contributed by atoms with Crippen LogP contribution in [0.2, 0.25) is 0 Å². The number of anilines is 1. The molecule has 2 unspecified atom stereocenters. The van der Waals surface area contributed by atoms with Crippen LogP contribution in [-0.4, -0.2) is 49.6 Å². The van der Waals surface area contributed by atoms with Gasteiger partial charge in [-0.3, -0.25) is 9.52 Å². The van der Waals surface area contributed by atoms with Gasteiger partial charge in [0.1, 0.15) is 0 Å². The molecule has 0 spiro atoms. The Bertz CT molecular complexity index is 817. The molecule has 0 aliphatic carbocycles. The fourth-order valence-corrected chi connectivity index (χ4v) is 3.71. The number of nitrogens with one attached hydrogen (secondary N) is 3. The van der Waals surface area contributed by atoms with Gasteiger partial charge < -0.3 is 15.5 Å². The fraction of sp³-hybridized carbons (Fsp3) is 0.556. The summed E-state index contributed by atoms with van der Waals surface area (Å²) in [4.78, 5) is 26.2. The molecular formula is C18H28N4O4S. The zero-order valence-corrected chi connectivity index (χ0v) is 17.2. The quantitative estimate of drug-likeness (QED) is 0.705. The Labute approximate surface area is 160 Å². The van der Waals surface area contributed by atoms with Gasteiger partial charge in [-0.25, -0.2) is 13.2 Å². The SMILES string of the molecule is CC(NC(=O)NC1CC(=O)N(C(C)(C)C)C1)c1ccccc1NS(C)(=O)=O. The van der Waals surface area contributed by atoms with Crippen LogP contribution in [0.1, 0.15) is 45.7 Å². The van der Waals surface area contributed by atoms with E-state index in [0.29, 0.717) is 17.8 Å². The molecule has 1 heterocycles. The molecule has 0 radical (unpaired) electrons. The summed E-state index contributed by atoms with van der Waals surface area (Å²) in [6.07, 6.45) is 1.35. The van der Waals surface area contributed by atoms with E-state index in [1.807, 2.05) is 20.8 Å². The summed E-state index contributed by atoms with van der Waals surface area (Å²) in [7, 11) is -3.43. The fourth-order valence-electron chi connectivity index (χ4n) is 3.12. The van der Waals surface area contributed by atoms with Crippen LogP contribution in [0.25, 0.3) is 0 Å². The van der Waals surface area contributed by atoms with Crippen molar-refractivity contribution in [2.75, 3.05) is 17.5 Å². The van der Waals surface area contributed by atoms with Gasteiger partial charge in [0.15, 0.2) is 0 Å². The minimum Gasteiger partial charge on any atom is -0.336 e. The highest BCUT2D eigenvalue weighted by atomic mass is 32.2. The first kappa shape index (κ1) is 21.0. The third kappa shape index (κ3) is 5.85. The Balaban J connectivity index is 2.00. The van der Waals surface area contributed by atoms with E-state index in [-0.39, 0.29) is 23.9 Å². The van der Waals surface area contributed by atoms with Gasteiger partial charge in [-0.1, -0.05) is 18.2 Å².